The number of amides is 7. The van der Waals surface area contributed by atoms with Gasteiger partial charge in [-0.3, -0.25) is 48.6 Å². The van der Waals surface area contributed by atoms with E-state index in [9.17, 15) is 43.2 Å². The Bertz CT molecular complexity index is 3230. The lowest BCUT2D eigenvalue weighted by molar-refractivity contribution is -0.164. The number of carbonyl (C=O) groups excluding carboxylic acids is 9. The van der Waals surface area contributed by atoms with Crippen molar-refractivity contribution < 1.29 is 66.8 Å². The number of nitrogens with zero attached hydrogens (tertiary/aromatic N) is 4. The van der Waals surface area contributed by atoms with Crippen molar-refractivity contribution in [2.24, 2.45) is 15.6 Å². The second-order valence-electron chi connectivity index (χ2n) is 19.9. The number of ether oxygens (including phenoxy) is 5. The predicted molar refractivity (Wildman–Crippen MR) is 290 cm³/mol. The standard InChI is InChI=1S/C59H61N7O14/c1-6-59(2,3)53(70)57(74)65-30-8-7-14-44(65)58(75)80-45(27-16-35-17-28-46(76-4)48(31-35)77-5)36-11-9-12-41(32-36)78-33-50(68)60-37-18-22-39(23-19-37)63-64-40-24-20-38(21-25-40)61-51(69)34-79-47-15-10-13-42-52(47)56(73)66(55(42)72)43-26-29-49(67)62-54(43)71/h9-13,15,17-25,28,31-32,43-45H,6-8,14,16,26-27,29-30,33-34H2,1-5H3,(H,60,68)(H,61,69)(H,62,67,71)/t43?,44-,45+/m0/s1. The average Bonchev–Trinajstić information content (AvgIpc) is 3.73. The predicted octanol–water partition coefficient (Wildman–Crippen LogP) is 8.16. The zero-order valence-corrected chi connectivity index (χ0v) is 44.9. The fraction of sp³-hybridized carbons (Fsp3) is 0.339. The highest BCUT2D eigenvalue weighted by Crippen LogP contribution is 2.36. The van der Waals surface area contributed by atoms with Crippen molar-refractivity contribution in [3.63, 3.8) is 0 Å². The Hall–Kier alpha value is -9.27. The van der Waals surface area contributed by atoms with E-state index in [-0.39, 0.29) is 42.9 Å². The molecule has 21 nitrogen and oxygen atoms in total. The number of hydrogen-bond donors (Lipinski definition) is 3. The molecule has 21 heteroatoms. The molecule has 80 heavy (non-hydrogen) atoms. The molecule has 5 aromatic rings. The number of likely N-dealkylation sites (tertiary alicyclic amines) is 1. The van der Waals surface area contributed by atoms with Crippen LogP contribution in [0.25, 0.3) is 0 Å². The van der Waals surface area contributed by atoms with Crippen LogP contribution < -0.4 is 34.9 Å². The summed E-state index contributed by atoms with van der Waals surface area (Å²) in [6.07, 6.45) is 2.14. The quantitative estimate of drug-likeness (QED) is 0.0256. The van der Waals surface area contributed by atoms with Gasteiger partial charge in [-0.05, 0) is 141 Å². The lowest BCUT2D eigenvalue weighted by Gasteiger charge is -2.36. The molecule has 3 heterocycles. The summed E-state index contributed by atoms with van der Waals surface area (Å²) in [6.45, 7) is 4.70. The number of hydrogen-bond acceptors (Lipinski definition) is 16. The topological polar surface area (TPSA) is 267 Å². The van der Waals surface area contributed by atoms with Crippen LogP contribution in [0, 0.1) is 5.41 Å². The summed E-state index contributed by atoms with van der Waals surface area (Å²) < 4.78 is 28.8. The molecule has 0 radical (unpaired) electrons. The van der Waals surface area contributed by atoms with Crippen LogP contribution in [-0.4, -0.2) is 109 Å². The number of ketones is 1. The summed E-state index contributed by atoms with van der Waals surface area (Å²) in [7, 11) is 3.10. The molecular formula is C59H61N7O14. The van der Waals surface area contributed by atoms with Gasteiger partial charge in [-0.25, -0.2) is 4.79 Å². The Balaban J connectivity index is 0.833. The molecule has 8 rings (SSSR count). The molecule has 1 unspecified atom stereocenters. The number of azo groups is 1. The third-order valence-corrected chi connectivity index (χ3v) is 14.1. The number of nitrogens with one attached hydrogen (secondary N) is 3. The van der Waals surface area contributed by atoms with Crippen LogP contribution in [0.4, 0.5) is 22.7 Å². The van der Waals surface area contributed by atoms with Gasteiger partial charge in [0, 0.05) is 29.8 Å². The van der Waals surface area contributed by atoms with E-state index in [2.05, 4.69) is 26.2 Å². The van der Waals surface area contributed by atoms with Crippen LogP contribution in [0.15, 0.2) is 119 Å². The number of fused-ring (bicyclic) bond motifs is 1. The van der Waals surface area contributed by atoms with Crippen molar-refractivity contribution >= 4 is 75.9 Å². The van der Waals surface area contributed by atoms with Gasteiger partial charge in [0.05, 0.1) is 36.7 Å². The van der Waals surface area contributed by atoms with Gasteiger partial charge >= 0.3 is 5.97 Å². The van der Waals surface area contributed by atoms with Crippen LogP contribution in [0.5, 0.6) is 23.0 Å². The van der Waals surface area contributed by atoms with Crippen LogP contribution in [-0.2, 0) is 44.7 Å². The van der Waals surface area contributed by atoms with E-state index in [0.717, 1.165) is 10.5 Å². The molecule has 3 aliphatic rings. The summed E-state index contributed by atoms with van der Waals surface area (Å²) in [4.78, 5) is 120. The smallest absolute Gasteiger partial charge is 0.329 e. The third-order valence-electron chi connectivity index (χ3n) is 14.1. The van der Waals surface area contributed by atoms with Gasteiger partial charge < -0.3 is 39.2 Å². The van der Waals surface area contributed by atoms with Gasteiger partial charge in [0.1, 0.15) is 29.7 Å². The largest absolute Gasteiger partial charge is 0.493 e. The number of benzene rings is 5. The van der Waals surface area contributed by atoms with E-state index in [0.29, 0.717) is 84.1 Å². The van der Waals surface area contributed by atoms with E-state index < -0.39 is 83.3 Å². The number of imide groups is 2. The molecule has 3 N–H and O–H groups in total. The normalized spacial score (nSPS) is 16.6. The molecule has 3 aliphatic heterocycles. The van der Waals surface area contributed by atoms with Crippen LogP contribution in [0.2, 0.25) is 0 Å². The first-order chi connectivity index (χ1) is 38.5. The number of piperidine rings is 2. The number of anilines is 2. The molecule has 2 saturated heterocycles. The summed E-state index contributed by atoms with van der Waals surface area (Å²) >= 11 is 0. The zero-order valence-electron chi connectivity index (χ0n) is 44.9. The molecule has 0 spiro atoms. The number of esters is 1. The van der Waals surface area contributed by atoms with Crippen molar-refractivity contribution in [1.82, 2.24) is 15.1 Å². The highest BCUT2D eigenvalue weighted by molar-refractivity contribution is 6.38. The van der Waals surface area contributed by atoms with Crippen molar-refractivity contribution in [3.05, 3.63) is 131 Å². The molecule has 2 fully saturated rings. The third kappa shape index (κ3) is 13.5. The maximum absolute atomic E-state index is 14.1. The van der Waals surface area contributed by atoms with Gasteiger partial charge in [-0.2, -0.15) is 10.2 Å². The van der Waals surface area contributed by atoms with E-state index in [1.54, 1.807) is 107 Å². The molecule has 5 aromatic carbocycles. The van der Waals surface area contributed by atoms with Crippen molar-refractivity contribution in [2.75, 3.05) is 44.6 Å². The Kier molecular flexibility index (Phi) is 18.1. The molecule has 0 aliphatic carbocycles. The maximum Gasteiger partial charge on any atom is 0.329 e. The minimum absolute atomic E-state index is 0.00107. The van der Waals surface area contributed by atoms with E-state index in [1.807, 2.05) is 19.1 Å². The summed E-state index contributed by atoms with van der Waals surface area (Å²) in [5.41, 5.74) is 2.40. The highest BCUT2D eigenvalue weighted by Gasteiger charge is 2.46. The Morgan fingerprint density at radius 2 is 1.38 bits per heavy atom. The monoisotopic (exact) mass is 1090 g/mol. The van der Waals surface area contributed by atoms with E-state index >= 15 is 0 Å². The van der Waals surface area contributed by atoms with Crippen LogP contribution in [0.3, 0.4) is 0 Å². The van der Waals surface area contributed by atoms with Crippen molar-refractivity contribution in [2.45, 2.75) is 90.3 Å². The lowest BCUT2D eigenvalue weighted by Crippen LogP contribution is -2.54. The lowest BCUT2D eigenvalue weighted by atomic mass is 9.84. The van der Waals surface area contributed by atoms with Gasteiger partial charge in [-0.1, -0.05) is 45.0 Å². The molecule has 3 atom stereocenters. The Morgan fingerprint density at radius 3 is 2.01 bits per heavy atom. The molecule has 0 bridgehead atoms. The minimum atomic E-state index is -1.15. The fourth-order valence-corrected chi connectivity index (χ4v) is 9.28. The molecular weight excluding hydrogens is 1030 g/mol. The van der Waals surface area contributed by atoms with Gasteiger partial charge in [0.2, 0.25) is 17.6 Å². The van der Waals surface area contributed by atoms with Crippen LogP contribution in [0.1, 0.15) is 104 Å². The van der Waals surface area contributed by atoms with Gasteiger partial charge in [-0.15, -0.1) is 0 Å². The first-order valence-electron chi connectivity index (χ1n) is 26.1. The van der Waals surface area contributed by atoms with Gasteiger partial charge in [0.15, 0.2) is 24.7 Å². The fourth-order valence-electron chi connectivity index (χ4n) is 9.28. The highest BCUT2D eigenvalue weighted by atomic mass is 16.5. The van der Waals surface area contributed by atoms with Gasteiger partial charge in [0.25, 0.3) is 29.5 Å². The zero-order chi connectivity index (χ0) is 57.1. The maximum atomic E-state index is 14.1. The SMILES string of the molecule is CCC(C)(C)C(=O)C(=O)N1CCCC[C@H]1C(=O)O[C@H](CCc1ccc(OC)c(OC)c1)c1cccc(OCC(=O)Nc2ccc(N=Nc3ccc(NC(=O)COc4cccc5c4C(=O)N(C4CCC(=O)NC4=O)C5=O)cc3)cc2)c1. The number of Topliss-reactive ketones (excluding diaryl/α,β-unsaturated/α-hetero) is 1. The molecule has 7 amide bonds. The molecule has 0 saturated carbocycles. The first kappa shape index (κ1) is 56.9. The molecule has 416 valence electrons. The number of aryl methyl sites for hydroxylation is 1. The second kappa shape index (κ2) is 25.5. The van der Waals surface area contributed by atoms with E-state index in [4.69, 9.17) is 23.7 Å². The van der Waals surface area contributed by atoms with Crippen molar-refractivity contribution in [3.8, 4) is 23.0 Å². The summed E-state index contributed by atoms with van der Waals surface area (Å²) in [5, 5.41) is 16.2. The van der Waals surface area contributed by atoms with Crippen molar-refractivity contribution in [1.29, 1.82) is 0 Å². The van der Waals surface area contributed by atoms with Crippen LogP contribution >= 0.6 is 0 Å². The number of carbonyl (C=O) groups is 9. The molecule has 0 aromatic heterocycles. The first-order valence-corrected chi connectivity index (χ1v) is 26.1. The minimum Gasteiger partial charge on any atom is -0.493 e. The Morgan fingerprint density at radius 1 is 0.725 bits per heavy atom. The Labute approximate surface area is 461 Å². The number of methoxy groups -OCH3 is 2. The summed E-state index contributed by atoms with van der Waals surface area (Å²) in [6, 6.07) is 27.8. The summed E-state index contributed by atoms with van der Waals surface area (Å²) in [5.74, 6) is -4.08. The second-order valence-corrected chi connectivity index (χ2v) is 19.9. The van der Waals surface area contributed by atoms with E-state index in [1.165, 1.54) is 23.1 Å². The number of rotatable bonds is 22. The average molecular weight is 1090 g/mol.